The largest absolute Gasteiger partial charge is 0.298 e. The first kappa shape index (κ1) is 10.4. The zero-order valence-corrected chi connectivity index (χ0v) is 7.69. The molecule has 0 aliphatic heterocycles. The standard InChI is InChI=1S/C10H11FN2O/c1-2-6-13-7-9(8-14)10(12-13)4-3-5-11/h2-3,5,7-8H,1,4,6H2. The van der Waals surface area contributed by atoms with Crippen molar-refractivity contribution in [3.8, 4) is 0 Å². The van der Waals surface area contributed by atoms with Gasteiger partial charge in [-0.15, -0.1) is 6.58 Å². The van der Waals surface area contributed by atoms with Crippen molar-refractivity contribution >= 4 is 6.29 Å². The van der Waals surface area contributed by atoms with Crippen LogP contribution in [0.4, 0.5) is 4.39 Å². The lowest BCUT2D eigenvalue weighted by Crippen LogP contribution is -1.96. The molecule has 1 aromatic heterocycles. The molecule has 3 nitrogen and oxygen atoms in total. The highest BCUT2D eigenvalue weighted by molar-refractivity contribution is 5.76. The molecule has 0 aromatic carbocycles. The number of halogens is 1. The van der Waals surface area contributed by atoms with Gasteiger partial charge in [-0.05, 0) is 0 Å². The van der Waals surface area contributed by atoms with Gasteiger partial charge < -0.3 is 0 Å². The summed E-state index contributed by atoms with van der Waals surface area (Å²) in [6, 6.07) is 0. The Morgan fingerprint density at radius 1 is 1.64 bits per heavy atom. The Hall–Kier alpha value is -1.71. The molecule has 0 fully saturated rings. The molecule has 0 amide bonds. The van der Waals surface area contributed by atoms with Gasteiger partial charge in [-0.2, -0.15) is 5.10 Å². The van der Waals surface area contributed by atoms with E-state index in [0.29, 0.717) is 36.8 Å². The highest BCUT2D eigenvalue weighted by atomic mass is 19.1. The van der Waals surface area contributed by atoms with E-state index in [1.807, 2.05) is 0 Å². The maximum absolute atomic E-state index is 11.7. The summed E-state index contributed by atoms with van der Waals surface area (Å²) in [5.41, 5.74) is 1.07. The van der Waals surface area contributed by atoms with Gasteiger partial charge in [0.05, 0.1) is 24.1 Å². The van der Waals surface area contributed by atoms with E-state index in [1.165, 1.54) is 6.08 Å². The van der Waals surface area contributed by atoms with E-state index in [9.17, 15) is 9.18 Å². The minimum absolute atomic E-state index is 0.328. The zero-order valence-electron chi connectivity index (χ0n) is 7.69. The molecule has 0 saturated carbocycles. The fourth-order valence-corrected chi connectivity index (χ4v) is 1.12. The normalized spacial score (nSPS) is 10.6. The van der Waals surface area contributed by atoms with E-state index in [4.69, 9.17) is 0 Å². The number of aldehydes is 1. The molecule has 1 rings (SSSR count). The van der Waals surface area contributed by atoms with E-state index in [2.05, 4.69) is 11.7 Å². The Labute approximate surface area is 81.5 Å². The van der Waals surface area contributed by atoms with Crippen molar-refractivity contribution in [1.29, 1.82) is 0 Å². The van der Waals surface area contributed by atoms with Crippen LogP contribution in [0.2, 0.25) is 0 Å². The molecule has 0 aliphatic rings. The lowest BCUT2D eigenvalue weighted by molar-refractivity contribution is 0.112. The number of hydrogen-bond donors (Lipinski definition) is 0. The molecule has 0 bridgehead atoms. The summed E-state index contributed by atoms with van der Waals surface area (Å²) < 4.78 is 13.3. The first-order valence-electron chi connectivity index (χ1n) is 4.19. The van der Waals surface area contributed by atoms with Gasteiger partial charge in [-0.3, -0.25) is 9.48 Å². The second kappa shape index (κ2) is 5.11. The quantitative estimate of drug-likeness (QED) is 0.530. The summed E-state index contributed by atoms with van der Waals surface area (Å²) in [4.78, 5) is 10.6. The second-order valence-electron chi connectivity index (χ2n) is 2.73. The van der Waals surface area contributed by atoms with Crippen molar-refractivity contribution < 1.29 is 9.18 Å². The van der Waals surface area contributed by atoms with E-state index < -0.39 is 0 Å². The van der Waals surface area contributed by atoms with E-state index in [1.54, 1.807) is 17.0 Å². The molecule has 0 radical (unpaired) electrons. The molecule has 0 aliphatic carbocycles. The van der Waals surface area contributed by atoms with Gasteiger partial charge in [0.15, 0.2) is 6.29 Å². The van der Waals surface area contributed by atoms with Crippen LogP contribution in [0.15, 0.2) is 31.3 Å². The maximum atomic E-state index is 11.7. The molecular formula is C10H11FN2O. The summed E-state index contributed by atoms with van der Waals surface area (Å²) in [5.74, 6) is 0. The molecular weight excluding hydrogens is 183 g/mol. The average molecular weight is 194 g/mol. The lowest BCUT2D eigenvalue weighted by atomic mass is 10.2. The number of allylic oxidation sites excluding steroid dienone is 2. The predicted octanol–water partition coefficient (Wildman–Crippen LogP) is 1.91. The summed E-state index contributed by atoms with van der Waals surface area (Å²) >= 11 is 0. The molecule has 0 spiro atoms. The summed E-state index contributed by atoms with van der Waals surface area (Å²) in [5, 5.41) is 4.10. The monoisotopic (exact) mass is 194 g/mol. The van der Waals surface area contributed by atoms with E-state index >= 15 is 0 Å². The summed E-state index contributed by atoms with van der Waals surface area (Å²) in [6.07, 6.45) is 6.10. The summed E-state index contributed by atoms with van der Waals surface area (Å²) in [7, 11) is 0. The van der Waals surface area contributed by atoms with Gasteiger partial charge in [0.2, 0.25) is 0 Å². The molecule has 1 aromatic rings. The number of nitrogens with zero attached hydrogens (tertiary/aromatic N) is 2. The molecule has 74 valence electrons. The lowest BCUT2D eigenvalue weighted by Gasteiger charge is -1.92. The smallest absolute Gasteiger partial charge is 0.153 e. The number of carbonyl (C=O) groups excluding carboxylic acids is 1. The first-order chi connectivity index (χ1) is 6.81. The zero-order chi connectivity index (χ0) is 10.4. The Morgan fingerprint density at radius 2 is 2.43 bits per heavy atom. The van der Waals surface area contributed by atoms with Crippen molar-refractivity contribution in [2.45, 2.75) is 13.0 Å². The first-order valence-corrected chi connectivity index (χ1v) is 4.19. The maximum Gasteiger partial charge on any atom is 0.153 e. The Balaban J connectivity index is 2.89. The minimum Gasteiger partial charge on any atom is -0.298 e. The highest BCUT2D eigenvalue weighted by Gasteiger charge is 2.05. The molecule has 1 heterocycles. The van der Waals surface area contributed by atoms with Crippen LogP contribution in [0.25, 0.3) is 0 Å². The molecule has 0 unspecified atom stereocenters. The van der Waals surface area contributed by atoms with Gasteiger partial charge in [0.25, 0.3) is 0 Å². The minimum atomic E-state index is 0.328. The SMILES string of the molecule is C=CCn1cc(C=O)c(CC=CF)n1. The van der Waals surface area contributed by atoms with Crippen molar-refractivity contribution in [3.05, 3.63) is 42.5 Å². The van der Waals surface area contributed by atoms with Crippen LogP contribution >= 0.6 is 0 Å². The van der Waals surface area contributed by atoms with Crippen molar-refractivity contribution in [2.24, 2.45) is 0 Å². The fourth-order valence-electron chi connectivity index (χ4n) is 1.12. The molecule has 4 heteroatoms. The van der Waals surface area contributed by atoms with Crippen LogP contribution in [0.3, 0.4) is 0 Å². The van der Waals surface area contributed by atoms with Gasteiger partial charge in [-0.25, -0.2) is 4.39 Å². The Bertz CT molecular complexity index is 355. The van der Waals surface area contributed by atoms with Crippen LogP contribution in [-0.2, 0) is 13.0 Å². The number of aromatic nitrogens is 2. The number of carbonyl (C=O) groups is 1. The van der Waals surface area contributed by atoms with Gasteiger partial charge in [0.1, 0.15) is 0 Å². The molecule has 0 N–H and O–H groups in total. The van der Waals surface area contributed by atoms with Gasteiger partial charge in [-0.1, -0.05) is 12.2 Å². The average Bonchev–Trinajstić information content (AvgIpc) is 2.58. The Kier molecular flexibility index (Phi) is 3.79. The predicted molar refractivity (Wildman–Crippen MR) is 51.8 cm³/mol. The highest BCUT2D eigenvalue weighted by Crippen LogP contribution is 2.06. The van der Waals surface area contributed by atoms with Crippen molar-refractivity contribution in [1.82, 2.24) is 9.78 Å². The van der Waals surface area contributed by atoms with E-state index in [0.717, 1.165) is 0 Å². The van der Waals surface area contributed by atoms with Crippen LogP contribution in [-0.4, -0.2) is 16.1 Å². The van der Waals surface area contributed by atoms with Crippen LogP contribution in [0, 0.1) is 0 Å². The van der Waals surface area contributed by atoms with Gasteiger partial charge in [0, 0.05) is 12.6 Å². The van der Waals surface area contributed by atoms with Crippen LogP contribution < -0.4 is 0 Å². The number of rotatable bonds is 5. The fraction of sp³-hybridized carbons (Fsp3) is 0.200. The van der Waals surface area contributed by atoms with E-state index in [-0.39, 0.29) is 0 Å². The molecule has 0 atom stereocenters. The summed E-state index contributed by atoms with van der Waals surface area (Å²) in [6.45, 7) is 4.10. The Morgan fingerprint density at radius 3 is 3.00 bits per heavy atom. The van der Waals surface area contributed by atoms with Crippen LogP contribution in [0.5, 0.6) is 0 Å². The molecule has 0 saturated heterocycles. The van der Waals surface area contributed by atoms with Crippen molar-refractivity contribution in [3.63, 3.8) is 0 Å². The topological polar surface area (TPSA) is 34.9 Å². The van der Waals surface area contributed by atoms with Crippen molar-refractivity contribution in [2.75, 3.05) is 0 Å². The molecule has 14 heavy (non-hydrogen) atoms. The van der Waals surface area contributed by atoms with Crippen LogP contribution in [0.1, 0.15) is 16.1 Å². The third-order valence-corrected chi connectivity index (χ3v) is 1.71. The third-order valence-electron chi connectivity index (χ3n) is 1.71. The number of hydrogen-bond acceptors (Lipinski definition) is 2. The third kappa shape index (κ3) is 2.39. The second-order valence-corrected chi connectivity index (χ2v) is 2.73. The van der Waals surface area contributed by atoms with Gasteiger partial charge >= 0.3 is 0 Å².